The van der Waals surface area contributed by atoms with E-state index in [1.54, 1.807) is 6.20 Å². The van der Waals surface area contributed by atoms with Crippen molar-refractivity contribution < 1.29 is 4.52 Å². The predicted molar refractivity (Wildman–Crippen MR) is 72.6 cm³/mol. The molecule has 5 nitrogen and oxygen atoms in total. The SMILES string of the molecule is Cc1ncc(-c2noc(C(N)c3ccccc3)n2)s1. The van der Waals surface area contributed by atoms with E-state index in [-0.39, 0.29) is 0 Å². The number of hydrogen-bond acceptors (Lipinski definition) is 6. The van der Waals surface area contributed by atoms with Gasteiger partial charge in [0.1, 0.15) is 6.04 Å². The number of nitrogens with two attached hydrogens (primary N) is 1. The number of aryl methyl sites for hydroxylation is 1. The summed E-state index contributed by atoms with van der Waals surface area (Å²) < 4.78 is 5.24. The van der Waals surface area contributed by atoms with Crippen LogP contribution in [0.1, 0.15) is 22.5 Å². The standard InChI is InChI=1S/C13H12N4OS/c1-8-15-7-10(19-8)12-16-13(18-17-12)11(14)9-5-3-2-4-6-9/h2-7,11H,14H2,1H3. The maximum absolute atomic E-state index is 6.10. The Kier molecular flexibility index (Phi) is 3.10. The van der Waals surface area contributed by atoms with Crippen molar-refractivity contribution >= 4 is 11.3 Å². The highest BCUT2D eigenvalue weighted by atomic mass is 32.1. The number of aromatic nitrogens is 3. The quantitative estimate of drug-likeness (QED) is 0.792. The van der Waals surface area contributed by atoms with E-state index >= 15 is 0 Å². The second kappa shape index (κ2) is 4.91. The van der Waals surface area contributed by atoms with Crippen molar-refractivity contribution in [2.45, 2.75) is 13.0 Å². The fraction of sp³-hybridized carbons (Fsp3) is 0.154. The normalized spacial score (nSPS) is 12.5. The Morgan fingerprint density at radius 2 is 2.05 bits per heavy atom. The van der Waals surface area contributed by atoms with Crippen molar-refractivity contribution in [3.05, 3.63) is 53.0 Å². The van der Waals surface area contributed by atoms with Crippen LogP contribution >= 0.6 is 11.3 Å². The highest BCUT2D eigenvalue weighted by Gasteiger charge is 2.18. The largest absolute Gasteiger partial charge is 0.337 e. The zero-order valence-corrected chi connectivity index (χ0v) is 11.1. The fourth-order valence-corrected chi connectivity index (χ4v) is 2.43. The molecule has 2 aromatic heterocycles. The summed E-state index contributed by atoms with van der Waals surface area (Å²) in [6.45, 7) is 1.94. The molecular formula is C13H12N4OS. The average Bonchev–Trinajstić information content (AvgIpc) is 3.07. The van der Waals surface area contributed by atoms with Crippen LogP contribution in [0.4, 0.5) is 0 Å². The van der Waals surface area contributed by atoms with Crippen LogP contribution in [-0.2, 0) is 0 Å². The summed E-state index contributed by atoms with van der Waals surface area (Å²) in [6, 6.07) is 9.26. The van der Waals surface area contributed by atoms with Gasteiger partial charge in [0, 0.05) is 6.20 Å². The Morgan fingerprint density at radius 3 is 2.74 bits per heavy atom. The van der Waals surface area contributed by atoms with Crippen molar-refractivity contribution in [2.75, 3.05) is 0 Å². The number of rotatable bonds is 3. The van der Waals surface area contributed by atoms with E-state index in [0.717, 1.165) is 15.4 Å². The summed E-state index contributed by atoms with van der Waals surface area (Å²) in [4.78, 5) is 9.39. The lowest BCUT2D eigenvalue weighted by Gasteiger charge is -2.05. The first-order valence-electron chi connectivity index (χ1n) is 5.81. The molecule has 1 atom stereocenters. The molecule has 19 heavy (non-hydrogen) atoms. The minimum absolute atomic E-state index is 0.406. The van der Waals surface area contributed by atoms with Gasteiger partial charge in [-0.05, 0) is 12.5 Å². The first-order chi connectivity index (χ1) is 9.24. The molecule has 0 fully saturated rings. The third kappa shape index (κ3) is 2.40. The molecule has 1 aromatic carbocycles. The van der Waals surface area contributed by atoms with E-state index in [4.69, 9.17) is 10.3 Å². The lowest BCUT2D eigenvalue weighted by Crippen LogP contribution is -2.11. The molecule has 0 bridgehead atoms. The summed E-state index contributed by atoms with van der Waals surface area (Å²) >= 11 is 1.52. The molecule has 0 radical (unpaired) electrons. The Balaban J connectivity index is 1.89. The predicted octanol–water partition coefficient (Wildman–Crippen LogP) is 2.55. The molecule has 0 aliphatic carbocycles. The zero-order valence-electron chi connectivity index (χ0n) is 10.3. The molecule has 0 aliphatic heterocycles. The molecule has 0 saturated carbocycles. The molecule has 2 heterocycles. The Hall–Kier alpha value is -2.05. The maximum atomic E-state index is 6.10. The van der Waals surface area contributed by atoms with Gasteiger partial charge in [0.2, 0.25) is 11.7 Å². The van der Waals surface area contributed by atoms with Crippen molar-refractivity contribution in [3.63, 3.8) is 0 Å². The molecule has 6 heteroatoms. The van der Waals surface area contributed by atoms with E-state index in [2.05, 4.69) is 15.1 Å². The van der Waals surface area contributed by atoms with E-state index in [1.165, 1.54) is 11.3 Å². The van der Waals surface area contributed by atoms with Crippen molar-refractivity contribution in [1.29, 1.82) is 0 Å². The molecule has 3 rings (SSSR count). The van der Waals surface area contributed by atoms with Gasteiger partial charge in [-0.1, -0.05) is 35.5 Å². The molecule has 96 valence electrons. The maximum Gasteiger partial charge on any atom is 0.248 e. The van der Waals surface area contributed by atoms with Gasteiger partial charge in [-0.15, -0.1) is 11.3 Å². The summed E-state index contributed by atoms with van der Waals surface area (Å²) in [5.74, 6) is 0.944. The molecule has 1 unspecified atom stereocenters. The minimum atomic E-state index is -0.406. The molecular weight excluding hydrogens is 260 g/mol. The third-order valence-corrected chi connectivity index (χ3v) is 3.62. The second-order valence-corrected chi connectivity index (χ2v) is 5.32. The highest BCUT2D eigenvalue weighted by molar-refractivity contribution is 7.14. The summed E-state index contributed by atoms with van der Waals surface area (Å²) in [5, 5.41) is 4.92. The van der Waals surface area contributed by atoms with Gasteiger partial charge in [-0.25, -0.2) is 4.98 Å². The Morgan fingerprint density at radius 1 is 1.26 bits per heavy atom. The van der Waals surface area contributed by atoms with Crippen LogP contribution < -0.4 is 5.73 Å². The van der Waals surface area contributed by atoms with Crippen molar-refractivity contribution in [2.24, 2.45) is 5.73 Å². The lowest BCUT2D eigenvalue weighted by molar-refractivity contribution is 0.367. The fourth-order valence-electron chi connectivity index (χ4n) is 1.73. The van der Waals surface area contributed by atoms with Crippen LogP contribution in [0, 0.1) is 6.92 Å². The topological polar surface area (TPSA) is 77.8 Å². The molecule has 0 aliphatic rings. The van der Waals surface area contributed by atoms with Gasteiger partial charge in [0.05, 0.1) is 9.88 Å². The molecule has 0 amide bonds. The Labute approximate surface area is 114 Å². The van der Waals surface area contributed by atoms with Gasteiger partial charge >= 0.3 is 0 Å². The van der Waals surface area contributed by atoms with Gasteiger partial charge in [-0.2, -0.15) is 4.98 Å². The second-order valence-electron chi connectivity index (χ2n) is 4.09. The number of benzene rings is 1. The van der Waals surface area contributed by atoms with Crippen molar-refractivity contribution in [3.8, 4) is 10.7 Å². The first-order valence-corrected chi connectivity index (χ1v) is 6.62. The number of hydrogen-bond donors (Lipinski definition) is 1. The molecule has 3 aromatic rings. The monoisotopic (exact) mass is 272 g/mol. The summed E-state index contributed by atoms with van der Waals surface area (Å²) in [6.07, 6.45) is 1.74. The lowest BCUT2D eigenvalue weighted by atomic mass is 10.1. The smallest absolute Gasteiger partial charge is 0.248 e. The number of nitrogens with zero attached hydrogens (tertiary/aromatic N) is 3. The summed E-state index contributed by atoms with van der Waals surface area (Å²) in [5.41, 5.74) is 7.05. The van der Waals surface area contributed by atoms with E-state index in [1.807, 2.05) is 37.3 Å². The van der Waals surface area contributed by atoms with Crippen LogP contribution in [0.25, 0.3) is 10.7 Å². The van der Waals surface area contributed by atoms with Gasteiger partial charge < -0.3 is 10.3 Å². The van der Waals surface area contributed by atoms with Crippen LogP contribution in [0.3, 0.4) is 0 Å². The van der Waals surface area contributed by atoms with Crippen LogP contribution in [-0.4, -0.2) is 15.1 Å². The van der Waals surface area contributed by atoms with Gasteiger partial charge in [0.15, 0.2) is 0 Å². The molecule has 0 spiro atoms. The highest BCUT2D eigenvalue weighted by Crippen LogP contribution is 2.25. The van der Waals surface area contributed by atoms with Gasteiger partial charge in [0.25, 0.3) is 0 Å². The van der Waals surface area contributed by atoms with E-state index < -0.39 is 6.04 Å². The van der Waals surface area contributed by atoms with E-state index in [0.29, 0.717) is 11.7 Å². The van der Waals surface area contributed by atoms with Crippen LogP contribution in [0.2, 0.25) is 0 Å². The number of thiazole rings is 1. The molecule has 2 N–H and O–H groups in total. The van der Waals surface area contributed by atoms with Crippen molar-refractivity contribution in [1.82, 2.24) is 15.1 Å². The molecule has 0 saturated heterocycles. The zero-order chi connectivity index (χ0) is 13.2. The van der Waals surface area contributed by atoms with Crippen LogP contribution in [0.15, 0.2) is 41.1 Å². The minimum Gasteiger partial charge on any atom is -0.337 e. The Bertz CT molecular complexity index is 677. The van der Waals surface area contributed by atoms with E-state index in [9.17, 15) is 0 Å². The first kappa shape index (κ1) is 12.0. The van der Waals surface area contributed by atoms with Gasteiger partial charge in [-0.3, -0.25) is 0 Å². The summed E-state index contributed by atoms with van der Waals surface area (Å²) in [7, 11) is 0. The van der Waals surface area contributed by atoms with Crippen LogP contribution in [0.5, 0.6) is 0 Å². The average molecular weight is 272 g/mol. The third-order valence-electron chi connectivity index (χ3n) is 2.71.